The van der Waals surface area contributed by atoms with Gasteiger partial charge in [0.1, 0.15) is 5.82 Å². The Kier molecular flexibility index (Phi) is 5.44. The maximum absolute atomic E-state index is 13.5. The van der Waals surface area contributed by atoms with E-state index in [0.717, 1.165) is 15.9 Å². The third kappa shape index (κ3) is 3.42. The normalized spacial score (nSPS) is 12.3. The number of nitrogens with one attached hydrogen (secondary N) is 1. The molecule has 2 aromatic rings. The van der Waals surface area contributed by atoms with Gasteiger partial charge in [-0.3, -0.25) is 4.79 Å². The van der Waals surface area contributed by atoms with Gasteiger partial charge >= 0.3 is 0 Å². The third-order valence-electron chi connectivity index (χ3n) is 3.35. The lowest BCUT2D eigenvalue weighted by atomic mass is 10.1. The SMILES string of the molecule is C/C=C(/NC(=O)c1cn(C/C=C/C)c2cc(F)ccc12)SC. The van der Waals surface area contributed by atoms with Crippen LogP contribution >= 0.6 is 11.8 Å². The summed E-state index contributed by atoms with van der Waals surface area (Å²) in [5.41, 5.74) is 1.27. The lowest BCUT2D eigenvalue weighted by molar-refractivity contribution is 0.0970. The first kappa shape index (κ1) is 16.4. The van der Waals surface area contributed by atoms with E-state index in [1.165, 1.54) is 23.9 Å². The summed E-state index contributed by atoms with van der Waals surface area (Å²) in [6.07, 6.45) is 9.41. The number of fused-ring (bicyclic) bond motifs is 1. The Bertz CT molecular complexity index is 746. The second-order valence-corrected chi connectivity index (χ2v) is 5.58. The van der Waals surface area contributed by atoms with Gasteiger partial charge in [0.2, 0.25) is 0 Å². The standard InChI is InChI=1S/C17H19FN2OS/c1-4-6-9-20-11-14(17(21)19-16(5-2)22-3)13-8-7-12(18)10-15(13)20/h4-8,10-11H,9H2,1-3H3,(H,19,21)/b6-4+,16-5-. The molecule has 5 heteroatoms. The number of amides is 1. The molecule has 1 aromatic heterocycles. The van der Waals surface area contributed by atoms with Gasteiger partial charge < -0.3 is 9.88 Å². The summed E-state index contributed by atoms with van der Waals surface area (Å²) in [7, 11) is 0. The minimum absolute atomic E-state index is 0.182. The van der Waals surface area contributed by atoms with Gasteiger partial charge in [-0.05, 0) is 38.3 Å². The maximum Gasteiger partial charge on any atom is 0.258 e. The molecule has 0 bridgehead atoms. The maximum atomic E-state index is 13.5. The fourth-order valence-corrected chi connectivity index (χ4v) is 2.67. The zero-order chi connectivity index (χ0) is 16.1. The average molecular weight is 318 g/mol. The number of halogens is 1. The first-order valence-electron chi connectivity index (χ1n) is 7.02. The number of aromatic nitrogens is 1. The summed E-state index contributed by atoms with van der Waals surface area (Å²) in [4.78, 5) is 12.5. The fraction of sp³-hybridized carbons (Fsp3) is 0.235. The molecular weight excluding hydrogens is 299 g/mol. The van der Waals surface area contributed by atoms with Crippen LogP contribution in [0.3, 0.4) is 0 Å². The number of benzene rings is 1. The smallest absolute Gasteiger partial charge is 0.258 e. The van der Waals surface area contributed by atoms with Crippen LogP contribution in [-0.4, -0.2) is 16.7 Å². The van der Waals surface area contributed by atoms with Crippen molar-refractivity contribution in [2.45, 2.75) is 20.4 Å². The van der Waals surface area contributed by atoms with Crippen LogP contribution in [0, 0.1) is 5.82 Å². The van der Waals surface area contributed by atoms with Gasteiger partial charge in [-0.25, -0.2) is 4.39 Å². The van der Waals surface area contributed by atoms with E-state index in [2.05, 4.69) is 5.32 Å². The Balaban J connectivity index is 2.47. The fourth-order valence-electron chi connectivity index (χ4n) is 2.24. The van der Waals surface area contributed by atoms with Crippen molar-refractivity contribution in [3.63, 3.8) is 0 Å². The number of allylic oxidation sites excluding steroid dienone is 3. The Labute approximate surface area is 133 Å². The monoisotopic (exact) mass is 318 g/mol. The van der Waals surface area contributed by atoms with Gasteiger partial charge in [0, 0.05) is 18.1 Å². The van der Waals surface area contributed by atoms with Gasteiger partial charge in [0.25, 0.3) is 5.91 Å². The lowest BCUT2D eigenvalue weighted by Crippen LogP contribution is -2.20. The molecule has 1 aromatic carbocycles. The first-order chi connectivity index (χ1) is 10.6. The molecule has 2 rings (SSSR count). The molecule has 0 radical (unpaired) electrons. The predicted molar refractivity (Wildman–Crippen MR) is 91.4 cm³/mol. The van der Waals surface area contributed by atoms with E-state index in [1.807, 2.05) is 42.9 Å². The summed E-state index contributed by atoms with van der Waals surface area (Å²) < 4.78 is 15.4. The molecule has 0 saturated heterocycles. The molecule has 3 nitrogen and oxygen atoms in total. The van der Waals surface area contributed by atoms with Crippen molar-refractivity contribution in [2.24, 2.45) is 0 Å². The van der Waals surface area contributed by atoms with E-state index < -0.39 is 0 Å². The Morgan fingerprint density at radius 3 is 2.82 bits per heavy atom. The van der Waals surface area contributed by atoms with Gasteiger partial charge in [-0.15, -0.1) is 11.8 Å². The summed E-state index contributed by atoms with van der Waals surface area (Å²) in [6.45, 7) is 4.40. The number of hydrogen-bond acceptors (Lipinski definition) is 2. The summed E-state index contributed by atoms with van der Waals surface area (Å²) in [6, 6.07) is 4.49. The van der Waals surface area contributed by atoms with Crippen molar-refractivity contribution < 1.29 is 9.18 Å². The van der Waals surface area contributed by atoms with E-state index in [4.69, 9.17) is 0 Å². The van der Waals surface area contributed by atoms with Gasteiger partial charge in [0.05, 0.1) is 16.1 Å². The van der Waals surface area contributed by atoms with Crippen molar-refractivity contribution >= 4 is 28.6 Å². The van der Waals surface area contributed by atoms with E-state index >= 15 is 0 Å². The molecule has 0 spiro atoms. The molecule has 0 aliphatic rings. The number of carbonyl (C=O) groups excluding carboxylic acids is 1. The average Bonchev–Trinajstić information content (AvgIpc) is 2.88. The highest BCUT2D eigenvalue weighted by molar-refractivity contribution is 8.02. The topological polar surface area (TPSA) is 34.0 Å². The zero-order valence-corrected chi connectivity index (χ0v) is 13.7. The quantitative estimate of drug-likeness (QED) is 0.834. The molecule has 0 saturated carbocycles. The molecule has 1 heterocycles. The van der Waals surface area contributed by atoms with Crippen molar-refractivity contribution in [3.8, 4) is 0 Å². The van der Waals surface area contributed by atoms with Gasteiger partial charge in [0.15, 0.2) is 0 Å². The van der Waals surface area contributed by atoms with E-state index in [-0.39, 0.29) is 11.7 Å². The predicted octanol–water partition coefficient (Wildman–Crippen LogP) is 4.31. The number of carbonyl (C=O) groups is 1. The van der Waals surface area contributed by atoms with E-state index in [1.54, 1.807) is 12.3 Å². The molecule has 1 amide bonds. The first-order valence-corrected chi connectivity index (χ1v) is 8.24. The highest BCUT2D eigenvalue weighted by Gasteiger charge is 2.16. The van der Waals surface area contributed by atoms with Crippen LogP contribution in [-0.2, 0) is 6.54 Å². The highest BCUT2D eigenvalue weighted by Crippen LogP contribution is 2.23. The van der Waals surface area contributed by atoms with Crippen molar-refractivity contribution in [2.75, 3.05) is 6.26 Å². The van der Waals surface area contributed by atoms with Crippen LogP contribution in [0.15, 0.2) is 47.7 Å². The van der Waals surface area contributed by atoms with Gasteiger partial charge in [-0.1, -0.05) is 18.2 Å². The molecule has 22 heavy (non-hydrogen) atoms. The molecule has 0 unspecified atom stereocenters. The number of hydrogen-bond donors (Lipinski definition) is 1. The number of rotatable bonds is 5. The number of thioether (sulfide) groups is 1. The molecular formula is C17H19FN2OS. The van der Waals surface area contributed by atoms with E-state index in [0.29, 0.717) is 12.1 Å². The van der Waals surface area contributed by atoms with E-state index in [9.17, 15) is 9.18 Å². The Hall–Kier alpha value is -2.01. The lowest BCUT2D eigenvalue weighted by Gasteiger charge is -2.05. The molecule has 0 aliphatic carbocycles. The minimum atomic E-state index is -0.308. The second-order valence-electron chi connectivity index (χ2n) is 4.74. The molecule has 0 atom stereocenters. The molecule has 0 fully saturated rings. The second kappa shape index (κ2) is 7.31. The largest absolute Gasteiger partial charge is 0.343 e. The molecule has 0 aliphatic heterocycles. The van der Waals surface area contributed by atoms with Crippen LogP contribution < -0.4 is 5.32 Å². The van der Waals surface area contributed by atoms with Crippen LogP contribution in [0.1, 0.15) is 24.2 Å². The van der Waals surface area contributed by atoms with Crippen molar-refractivity contribution in [1.29, 1.82) is 0 Å². The van der Waals surface area contributed by atoms with Crippen molar-refractivity contribution in [3.05, 3.63) is 59.0 Å². The Morgan fingerprint density at radius 2 is 2.18 bits per heavy atom. The van der Waals surface area contributed by atoms with Crippen LogP contribution in [0.4, 0.5) is 4.39 Å². The molecule has 1 N–H and O–H groups in total. The Morgan fingerprint density at radius 1 is 1.41 bits per heavy atom. The summed E-state index contributed by atoms with van der Waals surface area (Å²) in [5, 5.41) is 4.41. The summed E-state index contributed by atoms with van der Waals surface area (Å²) >= 11 is 1.47. The molecule has 116 valence electrons. The summed E-state index contributed by atoms with van der Waals surface area (Å²) in [5.74, 6) is -0.490. The van der Waals surface area contributed by atoms with Crippen LogP contribution in [0.25, 0.3) is 10.9 Å². The highest BCUT2D eigenvalue weighted by atomic mass is 32.2. The van der Waals surface area contributed by atoms with Crippen LogP contribution in [0.2, 0.25) is 0 Å². The number of nitrogens with zero attached hydrogens (tertiary/aromatic N) is 1. The van der Waals surface area contributed by atoms with Gasteiger partial charge in [-0.2, -0.15) is 0 Å². The van der Waals surface area contributed by atoms with Crippen molar-refractivity contribution in [1.82, 2.24) is 9.88 Å². The zero-order valence-electron chi connectivity index (χ0n) is 12.9. The minimum Gasteiger partial charge on any atom is -0.343 e. The third-order valence-corrected chi connectivity index (χ3v) is 4.12. The van der Waals surface area contributed by atoms with Crippen LogP contribution in [0.5, 0.6) is 0 Å².